The van der Waals surface area contributed by atoms with E-state index in [1.807, 2.05) is 0 Å². The summed E-state index contributed by atoms with van der Waals surface area (Å²) in [5.74, 6) is 0.468. The van der Waals surface area contributed by atoms with Crippen molar-refractivity contribution >= 4 is 25.8 Å². The van der Waals surface area contributed by atoms with Crippen LogP contribution in [0.4, 0.5) is 0 Å². The summed E-state index contributed by atoms with van der Waals surface area (Å²) in [6.45, 7) is -0.116. The Bertz CT molecular complexity index is 470. The smallest absolute Gasteiger partial charge is 0.154 e. The Morgan fingerprint density at radius 2 is 2.12 bits per heavy atom. The molecule has 1 N–H and O–H groups in total. The molecular weight excluding hydrogens is 308 g/mol. The molecule has 1 rings (SSSR count). The fourth-order valence-corrected chi connectivity index (χ4v) is 3.27. The van der Waals surface area contributed by atoms with Crippen LogP contribution in [0.15, 0.2) is 22.7 Å². The SMILES string of the molecule is COc1ccc(Br)cc1CS(=O)(=O)CCCO. The van der Waals surface area contributed by atoms with E-state index in [1.54, 1.807) is 18.2 Å². The van der Waals surface area contributed by atoms with Gasteiger partial charge in [0.25, 0.3) is 0 Å². The lowest BCUT2D eigenvalue weighted by molar-refractivity contribution is 0.295. The van der Waals surface area contributed by atoms with Crippen LogP contribution in [0, 0.1) is 0 Å². The maximum Gasteiger partial charge on any atom is 0.154 e. The van der Waals surface area contributed by atoms with Gasteiger partial charge >= 0.3 is 0 Å². The Morgan fingerprint density at radius 3 is 2.71 bits per heavy atom. The van der Waals surface area contributed by atoms with E-state index in [1.165, 1.54) is 7.11 Å². The molecule has 17 heavy (non-hydrogen) atoms. The van der Waals surface area contributed by atoms with Crippen LogP contribution in [0.1, 0.15) is 12.0 Å². The van der Waals surface area contributed by atoms with Gasteiger partial charge in [-0.3, -0.25) is 0 Å². The molecule has 0 aliphatic rings. The molecule has 0 saturated carbocycles. The maximum atomic E-state index is 11.8. The molecule has 0 saturated heterocycles. The number of ether oxygens (including phenoxy) is 1. The third-order valence-corrected chi connectivity index (χ3v) is 4.39. The molecule has 0 spiro atoms. The molecule has 1 aromatic rings. The van der Waals surface area contributed by atoms with E-state index in [4.69, 9.17) is 9.84 Å². The van der Waals surface area contributed by atoms with Crippen LogP contribution in [-0.2, 0) is 15.6 Å². The minimum Gasteiger partial charge on any atom is -0.496 e. The zero-order chi connectivity index (χ0) is 12.9. The fraction of sp³-hybridized carbons (Fsp3) is 0.455. The van der Waals surface area contributed by atoms with E-state index in [-0.39, 0.29) is 24.5 Å². The summed E-state index contributed by atoms with van der Waals surface area (Å²) in [4.78, 5) is 0. The summed E-state index contributed by atoms with van der Waals surface area (Å²) < 4.78 is 29.4. The molecule has 0 aliphatic heterocycles. The van der Waals surface area contributed by atoms with Crippen molar-refractivity contribution < 1.29 is 18.3 Å². The molecule has 4 nitrogen and oxygen atoms in total. The largest absolute Gasteiger partial charge is 0.496 e. The number of hydrogen-bond acceptors (Lipinski definition) is 4. The number of benzene rings is 1. The van der Waals surface area contributed by atoms with Crippen molar-refractivity contribution in [1.82, 2.24) is 0 Å². The van der Waals surface area contributed by atoms with Gasteiger partial charge in [-0.25, -0.2) is 8.42 Å². The molecular formula is C11H15BrO4S. The number of methoxy groups -OCH3 is 1. The van der Waals surface area contributed by atoms with Crippen LogP contribution in [0.3, 0.4) is 0 Å². The molecule has 96 valence electrons. The van der Waals surface area contributed by atoms with Gasteiger partial charge in [0.15, 0.2) is 9.84 Å². The number of sulfone groups is 1. The minimum absolute atomic E-state index is 0.0147. The van der Waals surface area contributed by atoms with Crippen LogP contribution in [-0.4, -0.2) is 33.0 Å². The highest BCUT2D eigenvalue weighted by atomic mass is 79.9. The normalized spacial score (nSPS) is 11.5. The van der Waals surface area contributed by atoms with Gasteiger partial charge < -0.3 is 9.84 Å². The second-order valence-electron chi connectivity index (χ2n) is 3.63. The summed E-state index contributed by atoms with van der Waals surface area (Å²) in [5.41, 5.74) is 0.625. The Labute approximate surface area is 110 Å². The molecule has 0 unspecified atom stereocenters. The summed E-state index contributed by atoms with van der Waals surface area (Å²) in [6, 6.07) is 5.25. The third kappa shape index (κ3) is 4.65. The van der Waals surface area contributed by atoms with Gasteiger partial charge in [0.05, 0.1) is 18.6 Å². The van der Waals surface area contributed by atoms with Crippen molar-refractivity contribution in [1.29, 1.82) is 0 Å². The van der Waals surface area contributed by atoms with Gasteiger partial charge in [0.1, 0.15) is 5.75 Å². The molecule has 1 aromatic carbocycles. The lowest BCUT2D eigenvalue weighted by Gasteiger charge is -2.09. The molecule has 6 heteroatoms. The van der Waals surface area contributed by atoms with Crippen LogP contribution >= 0.6 is 15.9 Å². The van der Waals surface area contributed by atoms with Crippen molar-refractivity contribution in [3.8, 4) is 5.75 Å². The van der Waals surface area contributed by atoms with E-state index >= 15 is 0 Å². The highest BCUT2D eigenvalue weighted by molar-refractivity contribution is 9.10. The van der Waals surface area contributed by atoms with Crippen LogP contribution in [0.5, 0.6) is 5.75 Å². The Balaban J connectivity index is 2.90. The van der Waals surface area contributed by atoms with Gasteiger partial charge in [-0.15, -0.1) is 0 Å². The van der Waals surface area contributed by atoms with E-state index < -0.39 is 9.84 Å². The van der Waals surface area contributed by atoms with Crippen molar-refractivity contribution in [2.75, 3.05) is 19.5 Å². The molecule has 0 aromatic heterocycles. The monoisotopic (exact) mass is 322 g/mol. The quantitative estimate of drug-likeness (QED) is 0.866. The van der Waals surface area contributed by atoms with Crippen molar-refractivity contribution in [3.05, 3.63) is 28.2 Å². The zero-order valence-corrected chi connectivity index (χ0v) is 11.9. The Kier molecular flexibility index (Phi) is 5.42. The molecule has 0 amide bonds. The lowest BCUT2D eigenvalue weighted by Crippen LogP contribution is -2.11. The molecule has 0 atom stereocenters. The summed E-state index contributed by atoms with van der Waals surface area (Å²) in [6.07, 6.45) is 0.263. The van der Waals surface area contributed by atoms with Gasteiger partial charge in [-0.05, 0) is 24.6 Å². The molecule has 0 radical (unpaired) electrons. The van der Waals surface area contributed by atoms with Crippen molar-refractivity contribution in [2.24, 2.45) is 0 Å². The van der Waals surface area contributed by atoms with Crippen molar-refractivity contribution in [3.63, 3.8) is 0 Å². The first-order valence-electron chi connectivity index (χ1n) is 5.12. The van der Waals surface area contributed by atoms with Gasteiger partial charge in [0.2, 0.25) is 0 Å². The highest BCUT2D eigenvalue weighted by Crippen LogP contribution is 2.25. The number of halogens is 1. The number of aliphatic hydroxyl groups is 1. The van der Waals surface area contributed by atoms with Crippen LogP contribution in [0.25, 0.3) is 0 Å². The van der Waals surface area contributed by atoms with E-state index in [2.05, 4.69) is 15.9 Å². The Hall–Kier alpha value is -0.590. The minimum atomic E-state index is -3.21. The lowest BCUT2D eigenvalue weighted by atomic mass is 10.2. The average Bonchev–Trinajstić information content (AvgIpc) is 2.26. The molecule has 0 fully saturated rings. The number of hydrogen-bond donors (Lipinski definition) is 1. The van der Waals surface area contributed by atoms with Crippen LogP contribution < -0.4 is 4.74 Å². The summed E-state index contributed by atoms with van der Waals surface area (Å²) in [5, 5.41) is 8.64. The number of aliphatic hydroxyl groups excluding tert-OH is 1. The van der Waals surface area contributed by atoms with Gasteiger partial charge in [-0.2, -0.15) is 0 Å². The second kappa shape index (κ2) is 6.37. The second-order valence-corrected chi connectivity index (χ2v) is 6.73. The van der Waals surface area contributed by atoms with Crippen LogP contribution in [0.2, 0.25) is 0 Å². The third-order valence-electron chi connectivity index (χ3n) is 2.23. The first-order valence-corrected chi connectivity index (χ1v) is 7.73. The first kappa shape index (κ1) is 14.5. The van der Waals surface area contributed by atoms with E-state index in [0.717, 1.165) is 4.47 Å². The summed E-state index contributed by atoms with van der Waals surface area (Å²) in [7, 11) is -1.70. The van der Waals surface area contributed by atoms with Crippen molar-refractivity contribution in [2.45, 2.75) is 12.2 Å². The maximum absolute atomic E-state index is 11.8. The topological polar surface area (TPSA) is 63.6 Å². The molecule has 0 bridgehead atoms. The van der Waals surface area contributed by atoms with Gasteiger partial charge in [0, 0.05) is 16.6 Å². The predicted molar refractivity (Wildman–Crippen MR) is 69.9 cm³/mol. The molecule has 0 heterocycles. The first-order chi connectivity index (χ1) is 7.98. The standard InChI is InChI=1S/C11H15BrO4S/c1-16-11-4-3-10(12)7-9(11)8-17(14,15)6-2-5-13/h3-4,7,13H,2,5-6,8H2,1H3. The average molecular weight is 323 g/mol. The van der Waals surface area contributed by atoms with Gasteiger partial charge in [-0.1, -0.05) is 15.9 Å². The molecule has 0 aliphatic carbocycles. The zero-order valence-electron chi connectivity index (χ0n) is 9.52. The van der Waals surface area contributed by atoms with E-state index in [0.29, 0.717) is 11.3 Å². The predicted octanol–water partition coefficient (Wildman–Crippen LogP) is 1.75. The highest BCUT2D eigenvalue weighted by Gasteiger charge is 2.15. The fourth-order valence-electron chi connectivity index (χ4n) is 1.45. The number of rotatable bonds is 6. The van der Waals surface area contributed by atoms with E-state index in [9.17, 15) is 8.42 Å². The Morgan fingerprint density at radius 1 is 1.41 bits per heavy atom. The summed E-state index contributed by atoms with van der Waals surface area (Å²) >= 11 is 3.30.